The van der Waals surface area contributed by atoms with Crippen LogP contribution in [0.4, 0.5) is 0 Å². The molecular formula is C24H28ClNO6. The number of rotatable bonds is 9. The lowest BCUT2D eigenvalue weighted by atomic mass is 9.79. The predicted molar refractivity (Wildman–Crippen MR) is 121 cm³/mol. The molecule has 1 saturated carbocycles. The summed E-state index contributed by atoms with van der Waals surface area (Å²) in [6, 6.07) is 10.7. The number of esters is 1. The molecule has 1 aliphatic rings. The van der Waals surface area contributed by atoms with Crippen molar-refractivity contribution in [1.29, 1.82) is 0 Å². The van der Waals surface area contributed by atoms with Crippen LogP contribution in [0.5, 0.6) is 17.2 Å². The van der Waals surface area contributed by atoms with Gasteiger partial charge in [0.25, 0.3) is 5.91 Å². The molecule has 0 radical (unpaired) electrons. The molecule has 0 spiro atoms. The summed E-state index contributed by atoms with van der Waals surface area (Å²) in [7, 11) is 4.60. The molecule has 2 aromatic carbocycles. The van der Waals surface area contributed by atoms with Gasteiger partial charge in [-0.3, -0.25) is 9.59 Å². The van der Waals surface area contributed by atoms with E-state index in [-0.39, 0.29) is 19.1 Å². The molecule has 0 unspecified atom stereocenters. The monoisotopic (exact) mass is 461 g/mol. The summed E-state index contributed by atoms with van der Waals surface area (Å²) in [5.74, 6) is 0.815. The van der Waals surface area contributed by atoms with Gasteiger partial charge in [-0.2, -0.15) is 0 Å². The average Bonchev–Trinajstić information content (AvgIpc) is 3.32. The number of carbonyl (C=O) groups is 2. The first-order valence-electron chi connectivity index (χ1n) is 10.4. The molecule has 0 aromatic heterocycles. The Morgan fingerprint density at radius 2 is 1.53 bits per heavy atom. The van der Waals surface area contributed by atoms with E-state index in [4.69, 9.17) is 30.5 Å². The number of nitrogens with one attached hydrogen (secondary N) is 1. The Morgan fingerprint density at radius 1 is 0.938 bits per heavy atom. The second-order valence-corrected chi connectivity index (χ2v) is 8.10. The molecule has 3 rings (SSSR count). The van der Waals surface area contributed by atoms with Gasteiger partial charge in [-0.25, -0.2) is 0 Å². The molecule has 2 aromatic rings. The minimum atomic E-state index is -0.725. The molecule has 0 heterocycles. The summed E-state index contributed by atoms with van der Waals surface area (Å²) in [6.45, 7) is -0.175. The van der Waals surface area contributed by atoms with Crippen LogP contribution in [0.25, 0.3) is 0 Å². The summed E-state index contributed by atoms with van der Waals surface area (Å²) in [5, 5.41) is 3.37. The molecule has 1 aliphatic carbocycles. The topological polar surface area (TPSA) is 83.1 Å². The van der Waals surface area contributed by atoms with Crippen molar-refractivity contribution in [3.63, 3.8) is 0 Å². The van der Waals surface area contributed by atoms with Crippen LogP contribution < -0.4 is 19.5 Å². The number of carbonyl (C=O) groups excluding carboxylic acids is 2. The van der Waals surface area contributed by atoms with Crippen molar-refractivity contribution in [3.05, 3.63) is 52.5 Å². The highest BCUT2D eigenvalue weighted by Crippen LogP contribution is 2.42. The zero-order valence-electron chi connectivity index (χ0n) is 18.5. The average molecular weight is 462 g/mol. The molecule has 8 heteroatoms. The molecule has 32 heavy (non-hydrogen) atoms. The van der Waals surface area contributed by atoms with E-state index < -0.39 is 11.3 Å². The fourth-order valence-corrected chi connectivity index (χ4v) is 4.23. The van der Waals surface area contributed by atoms with Gasteiger partial charge in [-0.15, -0.1) is 0 Å². The summed E-state index contributed by atoms with van der Waals surface area (Å²) in [5.41, 5.74) is 0.857. The number of ether oxygens (including phenoxy) is 4. The third kappa shape index (κ3) is 5.10. The minimum Gasteiger partial charge on any atom is -0.496 e. The number of hydrogen-bond acceptors (Lipinski definition) is 6. The molecule has 172 valence electrons. The molecule has 0 saturated heterocycles. The smallest absolute Gasteiger partial charge is 0.317 e. The quantitative estimate of drug-likeness (QED) is 0.567. The van der Waals surface area contributed by atoms with Crippen LogP contribution in [-0.4, -0.2) is 39.8 Å². The lowest BCUT2D eigenvalue weighted by Gasteiger charge is -2.27. The maximum Gasteiger partial charge on any atom is 0.317 e. The highest BCUT2D eigenvalue weighted by molar-refractivity contribution is 6.30. The largest absolute Gasteiger partial charge is 0.496 e. The van der Waals surface area contributed by atoms with Gasteiger partial charge in [-0.1, -0.05) is 36.6 Å². The Hall–Kier alpha value is -2.93. The zero-order chi connectivity index (χ0) is 23.1. The minimum absolute atomic E-state index is 0.183. The number of amides is 1. The van der Waals surface area contributed by atoms with Crippen LogP contribution in [0.3, 0.4) is 0 Å². The first kappa shape index (κ1) is 23.7. The molecule has 7 nitrogen and oxygen atoms in total. The maximum atomic E-state index is 13.0. The van der Waals surface area contributed by atoms with Gasteiger partial charge in [0.1, 0.15) is 5.75 Å². The number of methoxy groups -OCH3 is 3. The lowest BCUT2D eigenvalue weighted by Crippen LogP contribution is -2.37. The number of halogens is 1. The first-order valence-corrected chi connectivity index (χ1v) is 10.8. The van der Waals surface area contributed by atoms with E-state index in [2.05, 4.69) is 5.32 Å². The highest BCUT2D eigenvalue weighted by atomic mass is 35.5. The molecule has 0 bridgehead atoms. The molecule has 1 N–H and O–H groups in total. The summed E-state index contributed by atoms with van der Waals surface area (Å²) < 4.78 is 21.4. The van der Waals surface area contributed by atoms with E-state index in [9.17, 15) is 9.59 Å². The Kier molecular flexibility index (Phi) is 7.85. The Bertz CT molecular complexity index is 954. The second-order valence-electron chi connectivity index (χ2n) is 7.67. The Balaban J connectivity index is 1.62. The fourth-order valence-electron chi connectivity index (χ4n) is 4.10. The van der Waals surface area contributed by atoms with Crippen LogP contribution in [-0.2, 0) is 26.3 Å². The summed E-state index contributed by atoms with van der Waals surface area (Å²) >= 11 is 6.00. The van der Waals surface area contributed by atoms with Gasteiger partial charge in [0, 0.05) is 23.2 Å². The van der Waals surface area contributed by atoms with Gasteiger partial charge in [0.2, 0.25) is 0 Å². The van der Waals surface area contributed by atoms with E-state index in [1.54, 1.807) is 24.3 Å². The molecule has 0 aliphatic heterocycles. The zero-order valence-corrected chi connectivity index (χ0v) is 19.3. The van der Waals surface area contributed by atoms with Gasteiger partial charge >= 0.3 is 5.97 Å². The van der Waals surface area contributed by atoms with Crippen molar-refractivity contribution in [3.8, 4) is 17.2 Å². The van der Waals surface area contributed by atoms with Crippen LogP contribution in [0.2, 0.25) is 5.02 Å². The summed E-state index contributed by atoms with van der Waals surface area (Å²) in [4.78, 5) is 25.4. The third-order valence-electron chi connectivity index (χ3n) is 5.84. The fraction of sp³-hybridized carbons (Fsp3) is 0.417. The van der Waals surface area contributed by atoms with E-state index >= 15 is 0 Å². The van der Waals surface area contributed by atoms with Gasteiger partial charge in [0.05, 0.1) is 26.7 Å². The standard InChI is InChI=1S/C24H28ClNO6/c1-29-19-13-21(31-3)20(30-2)12-16(19)14-26-22(27)15-32-23(28)24(10-4-5-11-24)17-6-8-18(25)9-7-17/h6-9,12-13H,4-5,10-11,14-15H2,1-3H3,(H,26,27). The van der Waals surface area contributed by atoms with Crippen molar-refractivity contribution < 1.29 is 28.5 Å². The van der Waals surface area contributed by atoms with Crippen LogP contribution in [0.1, 0.15) is 36.8 Å². The van der Waals surface area contributed by atoms with Crippen LogP contribution in [0, 0.1) is 0 Å². The van der Waals surface area contributed by atoms with E-state index in [1.807, 2.05) is 12.1 Å². The van der Waals surface area contributed by atoms with Gasteiger partial charge in [0.15, 0.2) is 18.1 Å². The van der Waals surface area contributed by atoms with Crippen LogP contribution in [0.15, 0.2) is 36.4 Å². The van der Waals surface area contributed by atoms with Crippen molar-refractivity contribution >= 4 is 23.5 Å². The van der Waals surface area contributed by atoms with Crippen molar-refractivity contribution in [1.82, 2.24) is 5.32 Å². The van der Waals surface area contributed by atoms with Crippen molar-refractivity contribution in [2.75, 3.05) is 27.9 Å². The normalized spacial score (nSPS) is 14.5. The van der Waals surface area contributed by atoms with Gasteiger partial charge in [-0.05, 0) is 36.6 Å². The number of benzene rings is 2. The van der Waals surface area contributed by atoms with Crippen molar-refractivity contribution in [2.24, 2.45) is 0 Å². The maximum absolute atomic E-state index is 13.0. The second kappa shape index (κ2) is 10.6. The first-order chi connectivity index (χ1) is 15.4. The van der Waals surface area contributed by atoms with E-state index in [0.717, 1.165) is 18.4 Å². The predicted octanol–water partition coefficient (Wildman–Crippen LogP) is 4.04. The SMILES string of the molecule is COc1cc(OC)c(OC)cc1CNC(=O)COC(=O)C1(c2ccc(Cl)cc2)CCCC1. The molecular weight excluding hydrogens is 434 g/mol. The lowest BCUT2D eigenvalue weighted by molar-refractivity contribution is -0.154. The van der Waals surface area contributed by atoms with Gasteiger partial charge < -0.3 is 24.3 Å². The van der Waals surface area contributed by atoms with Crippen molar-refractivity contribution in [2.45, 2.75) is 37.6 Å². The highest BCUT2D eigenvalue weighted by Gasteiger charge is 2.44. The third-order valence-corrected chi connectivity index (χ3v) is 6.09. The number of hydrogen-bond donors (Lipinski definition) is 1. The van der Waals surface area contributed by atoms with E-state index in [1.165, 1.54) is 21.3 Å². The summed E-state index contributed by atoms with van der Waals surface area (Å²) in [6.07, 6.45) is 3.25. The molecule has 0 atom stereocenters. The van der Waals surface area contributed by atoms with E-state index in [0.29, 0.717) is 40.7 Å². The Morgan fingerprint density at radius 3 is 2.12 bits per heavy atom. The van der Waals surface area contributed by atoms with Crippen LogP contribution >= 0.6 is 11.6 Å². The molecule has 1 fully saturated rings. The molecule has 1 amide bonds. The Labute approximate surface area is 192 Å².